The summed E-state index contributed by atoms with van der Waals surface area (Å²) in [5.41, 5.74) is 0. The van der Waals surface area contributed by atoms with Crippen LogP contribution in [0.15, 0.2) is 0 Å². The maximum Gasteiger partial charge on any atom is 0.214 e. The molecule has 0 radical (unpaired) electrons. The highest BCUT2D eigenvalue weighted by Crippen LogP contribution is 2.16. The van der Waals surface area contributed by atoms with Crippen LogP contribution in [0, 0.1) is 0 Å². The van der Waals surface area contributed by atoms with Gasteiger partial charge in [0.15, 0.2) is 0 Å². The Bertz CT molecular complexity index is 333. The van der Waals surface area contributed by atoms with Gasteiger partial charge in [-0.2, -0.15) is 4.31 Å². The molecule has 0 aromatic heterocycles. The Morgan fingerprint density at radius 1 is 1.26 bits per heavy atom. The van der Waals surface area contributed by atoms with Crippen molar-refractivity contribution in [2.45, 2.75) is 45.6 Å². The fourth-order valence-corrected chi connectivity index (χ4v) is 4.10. The molecule has 19 heavy (non-hydrogen) atoms. The maximum atomic E-state index is 12.3. The van der Waals surface area contributed by atoms with Crippen LogP contribution in [-0.4, -0.2) is 57.4 Å². The van der Waals surface area contributed by atoms with Crippen molar-refractivity contribution in [3.63, 3.8) is 0 Å². The Kier molecular flexibility index (Phi) is 7.90. The van der Waals surface area contributed by atoms with E-state index in [0.29, 0.717) is 19.8 Å². The fraction of sp³-hybridized carbons (Fsp3) is 1.00. The van der Waals surface area contributed by atoms with Gasteiger partial charge < -0.3 is 10.1 Å². The molecule has 6 heteroatoms. The standard InChI is InChI=1S/C13H28N2O3S/c1-3-7-14-8-5-6-11-19(16,17)15-9-10-18-12-13(15)4-2/h13-14H,3-12H2,1-2H3. The Morgan fingerprint density at radius 3 is 2.74 bits per heavy atom. The van der Waals surface area contributed by atoms with Gasteiger partial charge >= 0.3 is 0 Å². The molecule has 1 saturated heterocycles. The molecule has 114 valence electrons. The van der Waals surface area contributed by atoms with Gasteiger partial charge in [0.25, 0.3) is 0 Å². The number of sulfonamides is 1. The highest BCUT2D eigenvalue weighted by molar-refractivity contribution is 7.89. The lowest BCUT2D eigenvalue weighted by Crippen LogP contribution is -2.49. The summed E-state index contributed by atoms with van der Waals surface area (Å²) in [6.07, 6.45) is 3.58. The largest absolute Gasteiger partial charge is 0.378 e. The number of morpholine rings is 1. The predicted octanol–water partition coefficient (Wildman–Crippen LogP) is 1.21. The second kappa shape index (κ2) is 8.89. The van der Waals surface area contributed by atoms with E-state index in [1.165, 1.54) is 0 Å². The predicted molar refractivity (Wildman–Crippen MR) is 77.8 cm³/mol. The third-order valence-corrected chi connectivity index (χ3v) is 5.43. The number of ether oxygens (including phenoxy) is 1. The zero-order valence-electron chi connectivity index (χ0n) is 12.2. The van der Waals surface area contributed by atoms with Crippen LogP contribution in [0.5, 0.6) is 0 Å². The number of nitrogens with zero attached hydrogens (tertiary/aromatic N) is 1. The summed E-state index contributed by atoms with van der Waals surface area (Å²) in [4.78, 5) is 0. The van der Waals surface area contributed by atoms with Crippen molar-refractivity contribution < 1.29 is 13.2 Å². The molecule has 0 aromatic carbocycles. The Hall–Kier alpha value is -0.170. The lowest BCUT2D eigenvalue weighted by atomic mass is 10.2. The summed E-state index contributed by atoms with van der Waals surface area (Å²) < 4.78 is 31.6. The minimum atomic E-state index is -3.11. The summed E-state index contributed by atoms with van der Waals surface area (Å²) in [5, 5.41) is 3.29. The number of unbranched alkanes of at least 4 members (excludes halogenated alkanes) is 1. The molecule has 0 aromatic rings. The SMILES string of the molecule is CCCNCCCCS(=O)(=O)N1CCOCC1CC. The molecular weight excluding hydrogens is 264 g/mol. The first-order valence-corrected chi connectivity index (χ1v) is 9.00. The second-order valence-electron chi connectivity index (χ2n) is 5.02. The van der Waals surface area contributed by atoms with E-state index in [1.54, 1.807) is 4.31 Å². The van der Waals surface area contributed by atoms with Gasteiger partial charge in [-0.15, -0.1) is 0 Å². The zero-order chi connectivity index (χ0) is 14.1. The van der Waals surface area contributed by atoms with Gasteiger partial charge in [0.1, 0.15) is 0 Å². The first-order valence-electron chi connectivity index (χ1n) is 7.39. The van der Waals surface area contributed by atoms with Crippen LogP contribution in [0.25, 0.3) is 0 Å². The van der Waals surface area contributed by atoms with E-state index in [-0.39, 0.29) is 11.8 Å². The quantitative estimate of drug-likeness (QED) is 0.649. The molecule has 1 aliphatic heterocycles. The molecule has 0 bridgehead atoms. The average molecular weight is 292 g/mol. The van der Waals surface area contributed by atoms with E-state index in [0.717, 1.165) is 38.8 Å². The summed E-state index contributed by atoms with van der Waals surface area (Å²) in [6, 6.07) is 0.0250. The Balaban J connectivity index is 2.33. The van der Waals surface area contributed by atoms with Crippen LogP contribution >= 0.6 is 0 Å². The van der Waals surface area contributed by atoms with Crippen LogP contribution in [0.3, 0.4) is 0 Å². The van der Waals surface area contributed by atoms with E-state index >= 15 is 0 Å². The van der Waals surface area contributed by atoms with Crippen LogP contribution in [-0.2, 0) is 14.8 Å². The lowest BCUT2D eigenvalue weighted by molar-refractivity contribution is 0.0314. The maximum absolute atomic E-state index is 12.3. The van der Waals surface area contributed by atoms with Crippen molar-refractivity contribution in [2.24, 2.45) is 0 Å². The number of hydrogen-bond donors (Lipinski definition) is 1. The number of nitrogens with one attached hydrogen (secondary N) is 1. The number of rotatable bonds is 9. The Labute approximate surface area is 117 Å². The minimum absolute atomic E-state index is 0.0250. The molecule has 1 N–H and O–H groups in total. The Morgan fingerprint density at radius 2 is 2.05 bits per heavy atom. The topological polar surface area (TPSA) is 58.6 Å². The van der Waals surface area contributed by atoms with Crippen molar-refractivity contribution in [1.29, 1.82) is 0 Å². The van der Waals surface area contributed by atoms with Gasteiger partial charge in [-0.25, -0.2) is 8.42 Å². The summed E-state index contributed by atoms with van der Waals surface area (Å²) in [5.74, 6) is 0.261. The zero-order valence-corrected chi connectivity index (χ0v) is 13.0. The molecule has 1 fully saturated rings. The van der Waals surface area contributed by atoms with Crippen LogP contribution < -0.4 is 5.32 Å². The van der Waals surface area contributed by atoms with Gasteiger partial charge in [-0.1, -0.05) is 13.8 Å². The van der Waals surface area contributed by atoms with E-state index in [9.17, 15) is 8.42 Å². The van der Waals surface area contributed by atoms with E-state index in [4.69, 9.17) is 4.74 Å². The monoisotopic (exact) mass is 292 g/mol. The molecule has 0 saturated carbocycles. The van der Waals surface area contributed by atoms with Crippen LogP contribution in [0.1, 0.15) is 39.5 Å². The molecule has 1 rings (SSSR count). The van der Waals surface area contributed by atoms with E-state index in [1.807, 2.05) is 6.92 Å². The average Bonchev–Trinajstić information content (AvgIpc) is 2.42. The van der Waals surface area contributed by atoms with Gasteiger partial charge in [-0.3, -0.25) is 0 Å². The highest BCUT2D eigenvalue weighted by Gasteiger charge is 2.31. The van der Waals surface area contributed by atoms with Gasteiger partial charge in [-0.05, 0) is 38.8 Å². The molecule has 0 amide bonds. The molecule has 1 aliphatic rings. The molecule has 1 atom stereocenters. The van der Waals surface area contributed by atoms with Crippen LogP contribution in [0.4, 0.5) is 0 Å². The van der Waals surface area contributed by atoms with Crippen molar-refractivity contribution in [3.05, 3.63) is 0 Å². The lowest BCUT2D eigenvalue weighted by Gasteiger charge is -2.34. The van der Waals surface area contributed by atoms with Crippen LogP contribution in [0.2, 0.25) is 0 Å². The van der Waals surface area contributed by atoms with E-state index < -0.39 is 10.0 Å². The first-order chi connectivity index (χ1) is 9.11. The van der Waals surface area contributed by atoms with Crippen molar-refractivity contribution in [1.82, 2.24) is 9.62 Å². The summed E-state index contributed by atoms with van der Waals surface area (Å²) in [6.45, 7) is 7.62. The van der Waals surface area contributed by atoms with Gasteiger partial charge in [0.2, 0.25) is 10.0 Å². The van der Waals surface area contributed by atoms with Crippen molar-refractivity contribution >= 4 is 10.0 Å². The number of hydrogen-bond acceptors (Lipinski definition) is 4. The summed E-state index contributed by atoms with van der Waals surface area (Å²) >= 11 is 0. The minimum Gasteiger partial charge on any atom is -0.378 e. The van der Waals surface area contributed by atoms with Gasteiger partial charge in [0.05, 0.1) is 19.0 Å². The highest BCUT2D eigenvalue weighted by atomic mass is 32.2. The second-order valence-corrected chi connectivity index (χ2v) is 7.06. The molecule has 0 spiro atoms. The van der Waals surface area contributed by atoms with Crippen molar-refractivity contribution in [3.8, 4) is 0 Å². The normalized spacial score (nSPS) is 21.7. The molecular formula is C13H28N2O3S. The smallest absolute Gasteiger partial charge is 0.214 e. The molecule has 5 nitrogen and oxygen atoms in total. The third kappa shape index (κ3) is 5.77. The van der Waals surface area contributed by atoms with Gasteiger partial charge in [0, 0.05) is 12.6 Å². The first kappa shape index (κ1) is 16.9. The van der Waals surface area contributed by atoms with E-state index in [2.05, 4.69) is 12.2 Å². The molecule has 1 unspecified atom stereocenters. The molecule has 0 aliphatic carbocycles. The fourth-order valence-electron chi connectivity index (χ4n) is 2.28. The summed E-state index contributed by atoms with van der Waals surface area (Å²) in [7, 11) is -3.11. The third-order valence-electron chi connectivity index (χ3n) is 3.43. The molecule has 1 heterocycles. The van der Waals surface area contributed by atoms with Crippen molar-refractivity contribution in [2.75, 3.05) is 38.6 Å².